The maximum absolute atomic E-state index is 12.6. The number of sulfone groups is 1. The lowest BCUT2D eigenvalue weighted by atomic mass is 9.90. The minimum Gasteiger partial charge on any atom is -0.481 e. The first-order valence-corrected chi connectivity index (χ1v) is 9.24. The Balaban J connectivity index is 2.26. The number of amides is 1. The molecule has 1 aromatic carbocycles. The van der Waals surface area contributed by atoms with Gasteiger partial charge in [-0.1, -0.05) is 19.9 Å². The summed E-state index contributed by atoms with van der Waals surface area (Å²) < 4.78 is 23.9. The second kappa shape index (κ2) is 6.70. The second-order valence-corrected chi connectivity index (χ2v) is 8.30. The maximum atomic E-state index is 12.6. The Kier molecular flexibility index (Phi) is 5.09. The average Bonchev–Trinajstić information content (AvgIpc) is 2.53. The number of carbonyl (C=O) groups is 2. The second-order valence-electron chi connectivity index (χ2n) is 6.02. The van der Waals surface area contributed by atoms with Crippen molar-refractivity contribution in [2.24, 2.45) is 11.8 Å². The maximum Gasteiger partial charge on any atom is 0.308 e. The highest BCUT2D eigenvalue weighted by Gasteiger charge is 2.32. The van der Waals surface area contributed by atoms with E-state index < -0.39 is 21.7 Å². The molecule has 23 heavy (non-hydrogen) atoms. The van der Waals surface area contributed by atoms with Crippen LogP contribution in [-0.4, -0.2) is 49.1 Å². The van der Waals surface area contributed by atoms with E-state index in [2.05, 4.69) is 0 Å². The Morgan fingerprint density at radius 3 is 2.61 bits per heavy atom. The predicted octanol–water partition coefficient (Wildman–Crippen LogP) is 1.66. The molecular formula is C16H21NO5S. The zero-order valence-electron chi connectivity index (χ0n) is 13.2. The highest BCUT2D eigenvalue weighted by Crippen LogP contribution is 2.24. The number of likely N-dealkylation sites (tertiary alicyclic amines) is 1. The highest BCUT2D eigenvalue weighted by molar-refractivity contribution is 7.91. The molecule has 0 bridgehead atoms. The highest BCUT2D eigenvalue weighted by atomic mass is 32.2. The number of carbonyl (C=O) groups excluding carboxylic acids is 1. The van der Waals surface area contributed by atoms with Gasteiger partial charge >= 0.3 is 5.97 Å². The van der Waals surface area contributed by atoms with Crippen molar-refractivity contribution in [3.63, 3.8) is 0 Å². The van der Waals surface area contributed by atoms with Crippen LogP contribution in [0, 0.1) is 11.8 Å². The summed E-state index contributed by atoms with van der Waals surface area (Å²) in [7, 11) is -3.38. The van der Waals surface area contributed by atoms with Gasteiger partial charge in [-0.2, -0.15) is 0 Å². The lowest BCUT2D eigenvalue weighted by Crippen LogP contribution is -2.45. The Labute approximate surface area is 136 Å². The molecule has 2 unspecified atom stereocenters. The van der Waals surface area contributed by atoms with E-state index in [4.69, 9.17) is 0 Å². The molecule has 6 nitrogen and oxygen atoms in total. The fourth-order valence-electron chi connectivity index (χ4n) is 2.87. The topological polar surface area (TPSA) is 91.8 Å². The molecule has 1 heterocycles. The first-order valence-electron chi connectivity index (χ1n) is 7.59. The lowest BCUT2D eigenvalue weighted by molar-refractivity contribution is -0.143. The fourth-order valence-corrected chi connectivity index (χ4v) is 3.79. The van der Waals surface area contributed by atoms with Crippen LogP contribution in [0.1, 0.15) is 30.6 Å². The largest absolute Gasteiger partial charge is 0.481 e. The Morgan fingerprint density at radius 2 is 2.00 bits per heavy atom. The molecule has 7 heteroatoms. The molecule has 1 aromatic rings. The minimum atomic E-state index is -3.38. The van der Waals surface area contributed by atoms with Crippen molar-refractivity contribution in [1.82, 2.24) is 4.90 Å². The summed E-state index contributed by atoms with van der Waals surface area (Å²) in [6.45, 7) is 4.09. The third-order valence-electron chi connectivity index (χ3n) is 4.12. The molecule has 0 aliphatic carbocycles. The summed E-state index contributed by atoms with van der Waals surface area (Å²) in [6, 6.07) is 5.94. The van der Waals surface area contributed by atoms with Gasteiger partial charge in [-0.15, -0.1) is 0 Å². The molecule has 0 saturated carbocycles. The molecule has 1 saturated heterocycles. The molecule has 1 fully saturated rings. The first kappa shape index (κ1) is 17.5. The Hall–Kier alpha value is -1.89. The molecule has 1 aliphatic rings. The molecule has 0 aromatic heterocycles. The van der Waals surface area contributed by atoms with Gasteiger partial charge in [0, 0.05) is 18.7 Å². The van der Waals surface area contributed by atoms with Crippen LogP contribution >= 0.6 is 0 Å². The average molecular weight is 339 g/mol. The van der Waals surface area contributed by atoms with Gasteiger partial charge in [0.1, 0.15) is 0 Å². The molecule has 0 radical (unpaired) electrons. The third-order valence-corrected chi connectivity index (χ3v) is 5.85. The number of hydrogen-bond donors (Lipinski definition) is 1. The summed E-state index contributed by atoms with van der Waals surface area (Å²) in [4.78, 5) is 25.5. The zero-order valence-corrected chi connectivity index (χ0v) is 14.0. The van der Waals surface area contributed by atoms with Crippen LogP contribution in [0.25, 0.3) is 0 Å². The van der Waals surface area contributed by atoms with E-state index in [0.717, 1.165) is 0 Å². The summed E-state index contributed by atoms with van der Waals surface area (Å²) >= 11 is 0. The van der Waals surface area contributed by atoms with Gasteiger partial charge in [0.25, 0.3) is 5.91 Å². The molecule has 1 aliphatic heterocycles. The van der Waals surface area contributed by atoms with Crippen molar-refractivity contribution in [3.05, 3.63) is 29.8 Å². The molecule has 126 valence electrons. The molecular weight excluding hydrogens is 318 g/mol. The Bertz CT molecular complexity index is 713. The van der Waals surface area contributed by atoms with Crippen molar-refractivity contribution >= 4 is 21.7 Å². The van der Waals surface area contributed by atoms with Gasteiger partial charge in [-0.05, 0) is 30.5 Å². The number of carboxylic acid groups (broad SMARTS) is 1. The molecule has 1 amide bonds. The van der Waals surface area contributed by atoms with Crippen molar-refractivity contribution in [1.29, 1.82) is 0 Å². The van der Waals surface area contributed by atoms with Crippen LogP contribution in [0.3, 0.4) is 0 Å². The third kappa shape index (κ3) is 3.90. The fraction of sp³-hybridized carbons (Fsp3) is 0.500. The van der Waals surface area contributed by atoms with Gasteiger partial charge < -0.3 is 10.0 Å². The monoisotopic (exact) mass is 339 g/mol. The van der Waals surface area contributed by atoms with Gasteiger partial charge in [-0.3, -0.25) is 9.59 Å². The predicted molar refractivity (Wildman–Crippen MR) is 85.0 cm³/mol. The van der Waals surface area contributed by atoms with Crippen LogP contribution in [0.2, 0.25) is 0 Å². The lowest BCUT2D eigenvalue weighted by Gasteiger charge is -2.34. The summed E-state index contributed by atoms with van der Waals surface area (Å²) in [5.74, 6) is -1.75. The van der Waals surface area contributed by atoms with E-state index in [0.29, 0.717) is 13.0 Å². The number of piperidine rings is 1. The number of rotatable bonds is 4. The number of carboxylic acids is 1. The van der Waals surface area contributed by atoms with Gasteiger partial charge in [-0.25, -0.2) is 8.42 Å². The normalized spacial score (nSPS) is 21.9. The minimum absolute atomic E-state index is 0.0352. The van der Waals surface area contributed by atoms with Crippen LogP contribution in [0.4, 0.5) is 0 Å². The van der Waals surface area contributed by atoms with Gasteiger partial charge in [0.05, 0.1) is 16.6 Å². The van der Waals surface area contributed by atoms with Crippen LogP contribution in [0.15, 0.2) is 29.2 Å². The quantitative estimate of drug-likeness (QED) is 0.901. The number of aliphatic carboxylic acids is 1. The van der Waals surface area contributed by atoms with Crippen LogP contribution < -0.4 is 0 Å². The molecule has 2 rings (SSSR count). The van der Waals surface area contributed by atoms with Gasteiger partial charge in [0.2, 0.25) is 0 Å². The smallest absolute Gasteiger partial charge is 0.308 e. The van der Waals surface area contributed by atoms with E-state index >= 15 is 0 Å². The zero-order chi connectivity index (χ0) is 17.2. The van der Waals surface area contributed by atoms with Gasteiger partial charge in [0.15, 0.2) is 9.84 Å². The molecule has 2 atom stereocenters. The van der Waals surface area contributed by atoms with E-state index in [9.17, 15) is 23.1 Å². The van der Waals surface area contributed by atoms with E-state index in [1.807, 2.05) is 6.92 Å². The van der Waals surface area contributed by atoms with Crippen LogP contribution in [-0.2, 0) is 14.6 Å². The summed E-state index contributed by atoms with van der Waals surface area (Å²) in [5.41, 5.74) is 0.276. The Morgan fingerprint density at radius 1 is 1.30 bits per heavy atom. The van der Waals surface area contributed by atoms with Crippen molar-refractivity contribution in [2.45, 2.75) is 25.2 Å². The van der Waals surface area contributed by atoms with Crippen LogP contribution in [0.5, 0.6) is 0 Å². The standard InChI is InChI=1S/C16H21NO5S/c1-3-23(21,22)14-6-4-5-12(8-14)15(18)17-9-11(2)7-13(10-17)16(19)20/h4-6,8,11,13H,3,7,9-10H2,1-2H3,(H,19,20). The van der Waals surface area contributed by atoms with E-state index in [1.54, 1.807) is 13.0 Å². The van der Waals surface area contributed by atoms with Crippen molar-refractivity contribution < 1.29 is 23.1 Å². The number of benzene rings is 1. The SMILES string of the molecule is CCS(=O)(=O)c1cccc(C(=O)N2CC(C)CC(C(=O)O)C2)c1. The van der Waals surface area contributed by atoms with Crippen molar-refractivity contribution in [2.75, 3.05) is 18.8 Å². The number of nitrogens with zero attached hydrogens (tertiary/aromatic N) is 1. The first-order chi connectivity index (χ1) is 10.7. The summed E-state index contributed by atoms with van der Waals surface area (Å²) in [5, 5.41) is 9.19. The summed E-state index contributed by atoms with van der Waals surface area (Å²) in [6.07, 6.45) is 0.545. The molecule has 1 N–H and O–H groups in total. The van der Waals surface area contributed by atoms with E-state index in [1.165, 1.54) is 23.1 Å². The van der Waals surface area contributed by atoms with Crippen molar-refractivity contribution in [3.8, 4) is 0 Å². The molecule has 0 spiro atoms. The van der Waals surface area contributed by atoms with E-state index in [-0.39, 0.29) is 34.6 Å². The number of hydrogen-bond acceptors (Lipinski definition) is 4.